The Bertz CT molecular complexity index is 996. The minimum Gasteiger partial charge on any atom is -0.351 e. The Morgan fingerprint density at radius 1 is 1.06 bits per heavy atom. The van der Waals surface area contributed by atoms with E-state index in [0.717, 1.165) is 29.1 Å². The summed E-state index contributed by atoms with van der Waals surface area (Å²) in [6, 6.07) is 18.1. The molecule has 1 heterocycles. The van der Waals surface area contributed by atoms with Crippen LogP contribution in [0.1, 0.15) is 48.0 Å². The first-order valence-corrected chi connectivity index (χ1v) is 11.0. The number of hydrogen-bond donors (Lipinski definition) is 2. The summed E-state index contributed by atoms with van der Waals surface area (Å²) in [5.41, 5.74) is 5.43. The van der Waals surface area contributed by atoms with Crippen LogP contribution in [0.2, 0.25) is 5.02 Å². The predicted octanol–water partition coefficient (Wildman–Crippen LogP) is 4.80. The quantitative estimate of drug-likeness (QED) is 0.504. The van der Waals surface area contributed by atoms with E-state index in [9.17, 15) is 4.79 Å². The third kappa shape index (κ3) is 6.18. The van der Waals surface area contributed by atoms with Crippen molar-refractivity contribution in [2.45, 2.75) is 46.8 Å². The Kier molecular flexibility index (Phi) is 7.88. The van der Waals surface area contributed by atoms with Gasteiger partial charge >= 0.3 is 0 Å². The van der Waals surface area contributed by atoms with E-state index >= 15 is 0 Å². The number of amides is 1. The van der Waals surface area contributed by atoms with E-state index in [1.807, 2.05) is 54.1 Å². The molecule has 0 bridgehead atoms. The number of carbonyl (C=O) groups excluding carboxylic acids is 1. The molecule has 6 heteroatoms. The van der Waals surface area contributed by atoms with Crippen molar-refractivity contribution in [3.63, 3.8) is 0 Å². The first-order valence-electron chi connectivity index (χ1n) is 10.7. The lowest BCUT2D eigenvalue weighted by atomic mass is 9.96. The minimum atomic E-state index is -0.0331. The van der Waals surface area contributed by atoms with Gasteiger partial charge in [0.05, 0.1) is 18.8 Å². The van der Waals surface area contributed by atoms with Crippen molar-refractivity contribution < 1.29 is 4.79 Å². The zero-order valence-electron chi connectivity index (χ0n) is 18.7. The fourth-order valence-electron chi connectivity index (χ4n) is 3.76. The highest BCUT2D eigenvalue weighted by Gasteiger charge is 2.17. The third-order valence-electron chi connectivity index (χ3n) is 5.55. The maximum absolute atomic E-state index is 12.5. The number of nitrogens with one attached hydrogen (secondary N) is 2. The number of hydrogen-bond acceptors (Lipinski definition) is 3. The van der Waals surface area contributed by atoms with Crippen LogP contribution >= 0.6 is 11.6 Å². The number of nitrogens with zero attached hydrogens (tertiary/aromatic N) is 2. The summed E-state index contributed by atoms with van der Waals surface area (Å²) < 4.78 is 2.00. The molecule has 0 radical (unpaired) electrons. The Balaban J connectivity index is 1.57. The van der Waals surface area contributed by atoms with Crippen LogP contribution in [0.25, 0.3) is 0 Å². The van der Waals surface area contributed by atoms with Crippen LogP contribution in [0.5, 0.6) is 0 Å². The van der Waals surface area contributed by atoms with Crippen molar-refractivity contribution in [1.82, 2.24) is 20.4 Å². The minimum absolute atomic E-state index is 0.0331. The van der Waals surface area contributed by atoms with Gasteiger partial charge in [-0.15, -0.1) is 0 Å². The number of benzene rings is 2. The molecule has 1 atom stereocenters. The van der Waals surface area contributed by atoms with Crippen LogP contribution in [-0.2, 0) is 17.9 Å². The summed E-state index contributed by atoms with van der Waals surface area (Å²) in [4.78, 5) is 12.5. The summed E-state index contributed by atoms with van der Waals surface area (Å²) in [5.74, 6) is 0.309. The van der Waals surface area contributed by atoms with Gasteiger partial charge in [-0.3, -0.25) is 9.48 Å². The number of halogens is 1. The molecule has 2 N–H and O–H groups in total. The van der Waals surface area contributed by atoms with Gasteiger partial charge in [0.1, 0.15) is 0 Å². The molecule has 0 saturated carbocycles. The summed E-state index contributed by atoms with van der Waals surface area (Å²) in [5, 5.41) is 11.8. The van der Waals surface area contributed by atoms with Crippen LogP contribution in [0, 0.1) is 19.8 Å². The normalized spacial score (nSPS) is 12.2. The van der Waals surface area contributed by atoms with Gasteiger partial charge in [0.25, 0.3) is 0 Å². The largest absolute Gasteiger partial charge is 0.351 e. The molecule has 31 heavy (non-hydrogen) atoms. The molecule has 5 nitrogen and oxygen atoms in total. The van der Waals surface area contributed by atoms with Gasteiger partial charge < -0.3 is 10.6 Å². The highest BCUT2D eigenvalue weighted by molar-refractivity contribution is 6.30. The van der Waals surface area contributed by atoms with Crippen molar-refractivity contribution >= 4 is 17.5 Å². The summed E-state index contributed by atoms with van der Waals surface area (Å²) in [7, 11) is 0. The van der Waals surface area contributed by atoms with E-state index in [2.05, 4.69) is 48.6 Å². The topological polar surface area (TPSA) is 59.0 Å². The second-order valence-electron chi connectivity index (χ2n) is 8.22. The van der Waals surface area contributed by atoms with E-state index in [1.165, 1.54) is 5.56 Å². The second kappa shape index (κ2) is 10.6. The maximum atomic E-state index is 12.5. The van der Waals surface area contributed by atoms with Crippen molar-refractivity contribution in [3.05, 3.63) is 87.7 Å². The molecule has 0 spiro atoms. The molecule has 0 aliphatic rings. The molecule has 1 unspecified atom stereocenters. The third-order valence-corrected chi connectivity index (χ3v) is 5.80. The number of aromatic nitrogens is 2. The predicted molar refractivity (Wildman–Crippen MR) is 126 cm³/mol. The van der Waals surface area contributed by atoms with Gasteiger partial charge in [-0.2, -0.15) is 5.10 Å². The lowest BCUT2D eigenvalue weighted by Gasteiger charge is -2.23. The van der Waals surface area contributed by atoms with Crippen molar-refractivity contribution in [3.8, 4) is 0 Å². The molecule has 0 aliphatic carbocycles. The first kappa shape index (κ1) is 23.0. The van der Waals surface area contributed by atoms with Gasteiger partial charge in [-0.1, -0.05) is 67.9 Å². The van der Waals surface area contributed by atoms with E-state index in [0.29, 0.717) is 17.5 Å². The Labute approximate surface area is 189 Å². The number of aryl methyl sites for hydroxylation is 1. The SMILES string of the molecule is Cc1nn(Cc2ccccc2)c(C)c1CNC(=O)CNC(c1ccc(Cl)cc1)C(C)C. The van der Waals surface area contributed by atoms with E-state index in [1.54, 1.807) is 0 Å². The monoisotopic (exact) mass is 438 g/mol. The molecule has 1 aromatic heterocycles. The van der Waals surface area contributed by atoms with Gasteiger partial charge in [0.2, 0.25) is 5.91 Å². The van der Waals surface area contributed by atoms with Gasteiger partial charge in [-0.05, 0) is 43.0 Å². The average molecular weight is 439 g/mol. The molecular formula is C25H31ClN4O. The van der Waals surface area contributed by atoms with Crippen molar-refractivity contribution in [1.29, 1.82) is 0 Å². The van der Waals surface area contributed by atoms with Crippen LogP contribution in [0.4, 0.5) is 0 Å². The van der Waals surface area contributed by atoms with Crippen molar-refractivity contribution in [2.75, 3.05) is 6.54 Å². The fourth-order valence-corrected chi connectivity index (χ4v) is 3.89. The number of rotatable bonds is 9. The van der Waals surface area contributed by atoms with E-state index in [-0.39, 0.29) is 18.5 Å². The molecule has 164 valence electrons. The molecular weight excluding hydrogens is 408 g/mol. The molecule has 3 aromatic rings. The zero-order valence-corrected chi connectivity index (χ0v) is 19.4. The maximum Gasteiger partial charge on any atom is 0.234 e. The number of carbonyl (C=O) groups is 1. The molecule has 1 amide bonds. The smallest absolute Gasteiger partial charge is 0.234 e. The first-order chi connectivity index (χ1) is 14.8. The van der Waals surface area contributed by atoms with Gasteiger partial charge in [0.15, 0.2) is 0 Å². The Morgan fingerprint density at radius 3 is 2.39 bits per heavy atom. The van der Waals surface area contributed by atoms with Crippen LogP contribution < -0.4 is 10.6 Å². The van der Waals surface area contributed by atoms with Crippen LogP contribution in [0.3, 0.4) is 0 Å². The average Bonchev–Trinajstić information content (AvgIpc) is 3.01. The highest BCUT2D eigenvalue weighted by atomic mass is 35.5. The van der Waals surface area contributed by atoms with E-state index < -0.39 is 0 Å². The van der Waals surface area contributed by atoms with E-state index in [4.69, 9.17) is 11.6 Å². The standard InChI is InChI=1S/C25H31ClN4O/c1-17(2)25(21-10-12-22(26)13-11-21)28-15-24(31)27-14-23-18(3)29-30(19(23)4)16-20-8-6-5-7-9-20/h5-13,17,25,28H,14-16H2,1-4H3,(H,27,31). The highest BCUT2D eigenvalue weighted by Crippen LogP contribution is 2.23. The van der Waals surface area contributed by atoms with Crippen molar-refractivity contribution in [2.24, 2.45) is 5.92 Å². The fraction of sp³-hybridized carbons (Fsp3) is 0.360. The molecule has 2 aromatic carbocycles. The lowest BCUT2D eigenvalue weighted by molar-refractivity contribution is -0.120. The summed E-state index contributed by atoms with van der Waals surface area (Å²) >= 11 is 6.00. The summed E-state index contributed by atoms with van der Waals surface area (Å²) in [6.07, 6.45) is 0. The van der Waals surface area contributed by atoms with Gasteiger partial charge in [-0.25, -0.2) is 0 Å². The molecule has 3 rings (SSSR count). The Morgan fingerprint density at radius 2 is 1.74 bits per heavy atom. The van der Waals surface area contributed by atoms with Crippen LogP contribution in [-0.4, -0.2) is 22.2 Å². The zero-order chi connectivity index (χ0) is 22.4. The van der Waals surface area contributed by atoms with Crippen LogP contribution in [0.15, 0.2) is 54.6 Å². The lowest BCUT2D eigenvalue weighted by Crippen LogP contribution is -2.37. The molecule has 0 fully saturated rings. The summed E-state index contributed by atoms with van der Waals surface area (Å²) in [6.45, 7) is 9.76. The Hall–Kier alpha value is -2.63. The molecule has 0 saturated heterocycles. The second-order valence-corrected chi connectivity index (χ2v) is 8.66. The molecule has 0 aliphatic heterocycles. The van der Waals surface area contributed by atoms with Gasteiger partial charge in [0, 0.05) is 28.9 Å².